The number of nitrogens with zero attached hydrogens (tertiary/aromatic N) is 1. The number of alkyl halides is 3. The van der Waals surface area contributed by atoms with Gasteiger partial charge in [0.25, 0.3) is 0 Å². The summed E-state index contributed by atoms with van der Waals surface area (Å²) in [6.45, 7) is 1.87. The molecule has 0 saturated carbocycles. The van der Waals surface area contributed by atoms with E-state index in [4.69, 9.17) is 0 Å². The monoisotopic (exact) mass is 226 g/mol. The largest absolute Gasteiger partial charge is 0.417 e. The zero-order valence-corrected chi connectivity index (χ0v) is 8.47. The first-order valence-corrected chi connectivity index (χ1v) is 4.66. The second-order valence-corrected chi connectivity index (χ2v) is 3.48. The maximum atomic E-state index is 12.3. The van der Waals surface area contributed by atoms with E-state index in [0.717, 1.165) is 18.0 Å². The predicted octanol–water partition coefficient (Wildman–Crippen LogP) is 3.40. The van der Waals surface area contributed by atoms with E-state index in [-0.39, 0.29) is 0 Å². The molecule has 0 saturated heterocycles. The van der Waals surface area contributed by atoms with E-state index in [1.165, 1.54) is 6.07 Å². The number of aromatic amines is 1. The van der Waals surface area contributed by atoms with Crippen LogP contribution in [0.4, 0.5) is 13.2 Å². The molecular formula is C11H9F3N2. The molecule has 84 valence electrons. The van der Waals surface area contributed by atoms with Gasteiger partial charge in [-0.2, -0.15) is 13.2 Å². The maximum absolute atomic E-state index is 12.3. The molecule has 0 bridgehead atoms. The van der Waals surface area contributed by atoms with Gasteiger partial charge in [0, 0.05) is 11.9 Å². The summed E-state index contributed by atoms with van der Waals surface area (Å²) in [6.07, 6.45) is -3.50. The van der Waals surface area contributed by atoms with Crippen LogP contribution in [0.15, 0.2) is 30.5 Å². The molecule has 5 heteroatoms. The van der Waals surface area contributed by atoms with E-state index in [0.29, 0.717) is 11.4 Å². The third kappa shape index (κ3) is 2.08. The van der Waals surface area contributed by atoms with Crippen LogP contribution in [0.25, 0.3) is 11.4 Å². The normalized spacial score (nSPS) is 11.8. The van der Waals surface area contributed by atoms with Crippen LogP contribution in [0, 0.1) is 6.92 Å². The topological polar surface area (TPSA) is 28.7 Å². The Balaban J connectivity index is 2.33. The molecule has 0 fully saturated rings. The summed E-state index contributed by atoms with van der Waals surface area (Å²) >= 11 is 0. The summed E-state index contributed by atoms with van der Waals surface area (Å²) in [5.74, 6) is 0. The van der Waals surface area contributed by atoms with Gasteiger partial charge in [0.2, 0.25) is 0 Å². The number of nitrogens with one attached hydrogen (secondary N) is 1. The van der Waals surface area contributed by atoms with Crippen LogP contribution in [0.2, 0.25) is 0 Å². The summed E-state index contributed by atoms with van der Waals surface area (Å²) in [4.78, 5) is 6.78. The summed E-state index contributed by atoms with van der Waals surface area (Å²) in [5.41, 5.74) is 1.42. The molecule has 0 aliphatic carbocycles. The second kappa shape index (κ2) is 3.66. The molecule has 1 N–H and O–H groups in total. The quantitative estimate of drug-likeness (QED) is 0.793. The van der Waals surface area contributed by atoms with E-state index in [9.17, 15) is 13.2 Å². The van der Waals surface area contributed by atoms with E-state index < -0.39 is 11.7 Å². The highest BCUT2D eigenvalue weighted by molar-refractivity contribution is 5.55. The van der Waals surface area contributed by atoms with Crippen molar-refractivity contribution >= 4 is 0 Å². The van der Waals surface area contributed by atoms with Crippen LogP contribution in [-0.2, 0) is 6.18 Å². The van der Waals surface area contributed by atoms with Crippen molar-refractivity contribution in [1.29, 1.82) is 0 Å². The van der Waals surface area contributed by atoms with Gasteiger partial charge in [0.1, 0.15) is 0 Å². The van der Waals surface area contributed by atoms with Crippen molar-refractivity contribution in [1.82, 2.24) is 9.97 Å². The molecule has 0 amide bonds. The van der Waals surface area contributed by atoms with Crippen molar-refractivity contribution < 1.29 is 13.2 Å². The van der Waals surface area contributed by atoms with Crippen LogP contribution >= 0.6 is 0 Å². The second-order valence-electron chi connectivity index (χ2n) is 3.48. The van der Waals surface area contributed by atoms with Gasteiger partial charge in [-0.3, -0.25) is 4.98 Å². The lowest BCUT2D eigenvalue weighted by molar-refractivity contribution is -0.137. The van der Waals surface area contributed by atoms with Gasteiger partial charge in [0.05, 0.1) is 17.0 Å². The number of hydrogen-bond donors (Lipinski definition) is 1. The number of rotatable bonds is 1. The van der Waals surface area contributed by atoms with Gasteiger partial charge in [-0.25, -0.2) is 0 Å². The molecule has 0 radical (unpaired) electrons. The molecule has 0 atom stereocenters. The molecular weight excluding hydrogens is 217 g/mol. The van der Waals surface area contributed by atoms with Crippen LogP contribution in [0.1, 0.15) is 11.3 Å². The Morgan fingerprint density at radius 1 is 1.12 bits per heavy atom. The Bertz CT molecular complexity index is 483. The van der Waals surface area contributed by atoms with Crippen molar-refractivity contribution in [3.05, 3.63) is 41.7 Å². The van der Waals surface area contributed by atoms with Gasteiger partial charge in [0.15, 0.2) is 0 Å². The number of aryl methyl sites for hydroxylation is 1. The first-order chi connectivity index (χ1) is 7.47. The van der Waals surface area contributed by atoms with Gasteiger partial charge in [-0.1, -0.05) is 0 Å². The number of halogens is 3. The Labute approximate surface area is 90.1 Å². The summed E-state index contributed by atoms with van der Waals surface area (Å²) in [5, 5.41) is 0. The highest BCUT2D eigenvalue weighted by atomic mass is 19.4. The Hall–Kier alpha value is -1.78. The number of H-pyrrole nitrogens is 1. The van der Waals surface area contributed by atoms with Gasteiger partial charge < -0.3 is 4.98 Å². The standard InChI is InChI=1S/C11H9F3N2/c1-7-2-4-10(16-7)9-5-3-8(6-15-9)11(12,13)14/h2-6,16H,1H3. The average molecular weight is 226 g/mol. The summed E-state index contributed by atoms with van der Waals surface area (Å²) in [6, 6.07) is 6.01. The fraction of sp³-hybridized carbons (Fsp3) is 0.182. The third-order valence-electron chi connectivity index (χ3n) is 2.20. The molecule has 0 spiro atoms. The molecule has 2 nitrogen and oxygen atoms in total. The van der Waals surface area contributed by atoms with E-state index in [2.05, 4.69) is 9.97 Å². The zero-order chi connectivity index (χ0) is 11.8. The average Bonchev–Trinajstić information content (AvgIpc) is 2.64. The summed E-state index contributed by atoms with van der Waals surface area (Å²) in [7, 11) is 0. The van der Waals surface area contributed by atoms with Crippen LogP contribution in [0.3, 0.4) is 0 Å². The SMILES string of the molecule is Cc1ccc(-c2ccc(C(F)(F)F)cn2)[nH]1. The fourth-order valence-electron chi connectivity index (χ4n) is 1.37. The van der Waals surface area contributed by atoms with Crippen molar-refractivity contribution in [2.24, 2.45) is 0 Å². The Morgan fingerprint density at radius 2 is 1.88 bits per heavy atom. The van der Waals surface area contributed by atoms with Crippen LogP contribution in [-0.4, -0.2) is 9.97 Å². The van der Waals surface area contributed by atoms with Crippen LogP contribution in [0.5, 0.6) is 0 Å². The minimum Gasteiger partial charge on any atom is -0.357 e. The molecule has 2 aromatic heterocycles. The minimum absolute atomic E-state index is 0.501. The molecule has 2 rings (SSSR count). The first-order valence-electron chi connectivity index (χ1n) is 4.66. The van der Waals surface area contributed by atoms with Gasteiger partial charge in [-0.05, 0) is 31.2 Å². The molecule has 2 heterocycles. The lowest BCUT2D eigenvalue weighted by atomic mass is 10.2. The van der Waals surface area contributed by atoms with E-state index in [1.54, 1.807) is 6.07 Å². The maximum Gasteiger partial charge on any atom is 0.417 e. The summed E-state index contributed by atoms with van der Waals surface area (Å²) < 4.78 is 36.8. The molecule has 0 unspecified atom stereocenters. The van der Waals surface area contributed by atoms with Crippen molar-refractivity contribution in [2.45, 2.75) is 13.1 Å². The predicted molar refractivity (Wildman–Crippen MR) is 53.8 cm³/mol. The minimum atomic E-state index is -4.34. The van der Waals surface area contributed by atoms with Crippen molar-refractivity contribution in [2.75, 3.05) is 0 Å². The first kappa shape index (κ1) is 10.7. The molecule has 0 aliphatic heterocycles. The van der Waals surface area contributed by atoms with Crippen LogP contribution < -0.4 is 0 Å². The Kier molecular flexibility index (Phi) is 2.46. The zero-order valence-electron chi connectivity index (χ0n) is 8.47. The number of hydrogen-bond acceptors (Lipinski definition) is 1. The Morgan fingerprint density at radius 3 is 2.31 bits per heavy atom. The van der Waals surface area contributed by atoms with Gasteiger partial charge in [-0.15, -0.1) is 0 Å². The highest BCUT2D eigenvalue weighted by Gasteiger charge is 2.30. The smallest absolute Gasteiger partial charge is 0.357 e. The molecule has 0 aliphatic rings. The molecule has 0 aromatic carbocycles. The van der Waals surface area contributed by atoms with E-state index in [1.807, 2.05) is 13.0 Å². The lowest BCUT2D eigenvalue weighted by Crippen LogP contribution is -2.05. The van der Waals surface area contributed by atoms with Crippen molar-refractivity contribution in [3.63, 3.8) is 0 Å². The number of pyridine rings is 1. The number of aromatic nitrogens is 2. The highest BCUT2D eigenvalue weighted by Crippen LogP contribution is 2.29. The third-order valence-corrected chi connectivity index (χ3v) is 2.20. The molecule has 16 heavy (non-hydrogen) atoms. The van der Waals surface area contributed by atoms with Crippen molar-refractivity contribution in [3.8, 4) is 11.4 Å². The van der Waals surface area contributed by atoms with Gasteiger partial charge >= 0.3 is 6.18 Å². The lowest BCUT2D eigenvalue weighted by Gasteiger charge is -2.06. The fourth-order valence-corrected chi connectivity index (χ4v) is 1.37. The molecule has 2 aromatic rings. The van der Waals surface area contributed by atoms with E-state index >= 15 is 0 Å².